The Morgan fingerprint density at radius 1 is 1.10 bits per heavy atom. The first kappa shape index (κ1) is 21.6. The molecule has 3 aliphatic carbocycles. The van der Waals surface area contributed by atoms with Gasteiger partial charge in [0.15, 0.2) is 0 Å². The van der Waals surface area contributed by atoms with Gasteiger partial charge in [0, 0.05) is 13.1 Å². The first-order chi connectivity index (χ1) is 14.4. The number of hydrogen-bond acceptors (Lipinski definition) is 5. The zero-order valence-electron chi connectivity index (χ0n) is 19.8. The summed E-state index contributed by atoms with van der Waals surface area (Å²) in [6.45, 7) is 13.7. The molecule has 6 rings (SSSR count). The minimum Gasteiger partial charge on any atom is -0.444 e. The van der Waals surface area contributed by atoms with Gasteiger partial charge in [-0.2, -0.15) is 0 Å². The number of nitrogens with zero attached hydrogens (tertiary/aromatic N) is 2. The predicted octanol–water partition coefficient (Wildman–Crippen LogP) is 3.25. The summed E-state index contributed by atoms with van der Waals surface area (Å²) in [5.74, 6) is 1.16. The number of amides is 2. The highest BCUT2D eigenvalue weighted by Crippen LogP contribution is 2.64. The molecule has 0 unspecified atom stereocenters. The average molecular weight is 432 g/mol. The highest BCUT2D eigenvalue weighted by Gasteiger charge is 2.68. The quantitative estimate of drug-likeness (QED) is 0.627. The van der Waals surface area contributed by atoms with E-state index in [1.165, 1.54) is 6.42 Å². The molecule has 3 aliphatic heterocycles. The van der Waals surface area contributed by atoms with Crippen LogP contribution in [0.1, 0.15) is 73.6 Å². The molecule has 31 heavy (non-hydrogen) atoms. The standard InChI is InChI=1S/C23H37BN2O5/c1-21(2,3)29-20(28)25-11-9-16(25)19(27)26-10-7-8-17(26)24-30-18-15-12-14(22(15,4)5)13-23(18,6)31-24/h14-18H,7-13H2,1-6H3/t14-,15+,16+,17+,18-,23+/m1/s1. The summed E-state index contributed by atoms with van der Waals surface area (Å²) in [6, 6.07) is -0.429. The third-order valence-electron chi connectivity index (χ3n) is 8.66. The number of carbonyl (C=O) groups is 2. The monoisotopic (exact) mass is 432 g/mol. The summed E-state index contributed by atoms with van der Waals surface area (Å²) in [4.78, 5) is 29.4. The van der Waals surface area contributed by atoms with Crippen molar-refractivity contribution in [3.05, 3.63) is 0 Å². The summed E-state index contributed by atoms with van der Waals surface area (Å²) in [5.41, 5.74) is -0.500. The predicted molar refractivity (Wildman–Crippen MR) is 116 cm³/mol. The highest BCUT2D eigenvalue weighted by molar-refractivity contribution is 6.48. The maximum Gasteiger partial charge on any atom is 0.481 e. The third-order valence-corrected chi connectivity index (χ3v) is 8.66. The molecule has 2 amide bonds. The smallest absolute Gasteiger partial charge is 0.444 e. The van der Waals surface area contributed by atoms with E-state index in [1.807, 2.05) is 25.7 Å². The van der Waals surface area contributed by atoms with E-state index in [-0.39, 0.29) is 30.7 Å². The Labute approximate surface area is 186 Å². The second-order valence-corrected chi connectivity index (χ2v) is 12.1. The van der Waals surface area contributed by atoms with Gasteiger partial charge in [-0.15, -0.1) is 0 Å². The first-order valence-electron chi connectivity index (χ1n) is 12.0. The van der Waals surface area contributed by atoms with Crippen molar-refractivity contribution < 1.29 is 23.6 Å². The Morgan fingerprint density at radius 2 is 1.84 bits per heavy atom. The molecule has 3 saturated heterocycles. The Morgan fingerprint density at radius 3 is 2.45 bits per heavy atom. The SMILES string of the molecule is CC(C)(C)OC(=O)N1CC[C@H]1C(=O)N1CCC[C@H]1B1O[C@@H]2[C@@H]3C[C@H](C[C@]2(C)O1)C3(C)C. The number of likely N-dealkylation sites (tertiary alicyclic amines) is 2. The second kappa shape index (κ2) is 6.86. The number of ether oxygens (including phenoxy) is 1. The van der Waals surface area contributed by atoms with Crippen molar-refractivity contribution in [1.29, 1.82) is 0 Å². The Bertz CT molecular complexity index is 782. The minimum absolute atomic E-state index is 0.0106. The lowest BCUT2D eigenvalue weighted by atomic mass is 9.45. The summed E-state index contributed by atoms with van der Waals surface area (Å²) in [7, 11) is -0.369. The van der Waals surface area contributed by atoms with Gasteiger partial charge in [0.1, 0.15) is 11.6 Å². The van der Waals surface area contributed by atoms with Crippen LogP contribution in [0.4, 0.5) is 4.79 Å². The van der Waals surface area contributed by atoms with E-state index in [4.69, 9.17) is 14.0 Å². The van der Waals surface area contributed by atoms with Gasteiger partial charge < -0.3 is 18.9 Å². The minimum atomic E-state index is -0.567. The van der Waals surface area contributed by atoms with Crippen molar-refractivity contribution in [3.8, 4) is 0 Å². The van der Waals surface area contributed by atoms with E-state index in [0.29, 0.717) is 36.8 Å². The van der Waals surface area contributed by atoms with Crippen molar-refractivity contribution in [2.75, 3.05) is 13.1 Å². The van der Waals surface area contributed by atoms with Crippen LogP contribution in [-0.2, 0) is 18.8 Å². The van der Waals surface area contributed by atoms with Gasteiger partial charge in [-0.05, 0) is 77.0 Å². The summed E-state index contributed by atoms with van der Waals surface area (Å²) in [5, 5.41) is 0. The van der Waals surface area contributed by atoms with Crippen LogP contribution >= 0.6 is 0 Å². The molecule has 6 aliphatic rings. The van der Waals surface area contributed by atoms with Crippen molar-refractivity contribution >= 4 is 19.1 Å². The molecule has 0 aromatic carbocycles. The molecule has 0 aromatic heterocycles. The Kier molecular flexibility index (Phi) is 4.77. The zero-order valence-corrected chi connectivity index (χ0v) is 19.8. The fraction of sp³-hybridized carbons (Fsp3) is 0.913. The molecule has 6 fully saturated rings. The fourth-order valence-corrected chi connectivity index (χ4v) is 6.63. The van der Waals surface area contributed by atoms with E-state index in [9.17, 15) is 9.59 Å². The lowest BCUT2D eigenvalue weighted by Crippen LogP contribution is -2.63. The van der Waals surface area contributed by atoms with Crippen molar-refractivity contribution in [2.45, 2.75) is 103 Å². The van der Waals surface area contributed by atoms with Crippen LogP contribution in [0.3, 0.4) is 0 Å². The van der Waals surface area contributed by atoms with Crippen molar-refractivity contribution in [1.82, 2.24) is 9.80 Å². The molecule has 6 atom stereocenters. The normalized spacial score (nSPS) is 40.8. The molecule has 2 bridgehead atoms. The van der Waals surface area contributed by atoms with Crippen LogP contribution in [0, 0.1) is 17.3 Å². The van der Waals surface area contributed by atoms with Gasteiger partial charge in [0.05, 0.1) is 17.6 Å². The van der Waals surface area contributed by atoms with E-state index in [1.54, 1.807) is 4.90 Å². The van der Waals surface area contributed by atoms with E-state index in [0.717, 1.165) is 19.3 Å². The Hall–Kier alpha value is -1.28. The third kappa shape index (κ3) is 3.31. The van der Waals surface area contributed by atoms with Gasteiger partial charge in [-0.1, -0.05) is 13.8 Å². The molecule has 0 spiro atoms. The van der Waals surface area contributed by atoms with Gasteiger partial charge in [-0.3, -0.25) is 9.69 Å². The van der Waals surface area contributed by atoms with Gasteiger partial charge >= 0.3 is 13.2 Å². The Balaban J connectivity index is 1.27. The maximum atomic E-state index is 13.4. The number of carbonyl (C=O) groups excluding carboxylic acids is 2. The van der Waals surface area contributed by atoms with Crippen LogP contribution in [0.2, 0.25) is 0 Å². The zero-order chi connectivity index (χ0) is 22.3. The van der Waals surface area contributed by atoms with Crippen LogP contribution < -0.4 is 0 Å². The largest absolute Gasteiger partial charge is 0.481 e. The molecule has 3 heterocycles. The topological polar surface area (TPSA) is 68.3 Å². The lowest BCUT2D eigenvalue weighted by Gasteiger charge is -2.63. The molecule has 0 radical (unpaired) electrons. The second-order valence-electron chi connectivity index (χ2n) is 12.1. The molecular weight excluding hydrogens is 395 g/mol. The molecule has 0 N–H and O–H groups in total. The summed E-state index contributed by atoms with van der Waals surface area (Å²) >= 11 is 0. The van der Waals surface area contributed by atoms with Crippen LogP contribution in [-0.4, -0.2) is 71.3 Å². The average Bonchev–Trinajstić information content (AvgIpc) is 3.21. The van der Waals surface area contributed by atoms with Gasteiger partial charge in [-0.25, -0.2) is 4.79 Å². The van der Waals surface area contributed by atoms with Gasteiger partial charge in [0.25, 0.3) is 0 Å². The van der Waals surface area contributed by atoms with E-state index in [2.05, 4.69) is 20.8 Å². The first-order valence-corrected chi connectivity index (χ1v) is 12.0. The van der Waals surface area contributed by atoms with Crippen LogP contribution in [0.15, 0.2) is 0 Å². The fourth-order valence-electron chi connectivity index (χ4n) is 6.63. The van der Waals surface area contributed by atoms with Crippen LogP contribution in [0.25, 0.3) is 0 Å². The maximum absolute atomic E-state index is 13.4. The highest BCUT2D eigenvalue weighted by atomic mass is 16.7. The molecule has 3 saturated carbocycles. The molecule has 172 valence electrons. The van der Waals surface area contributed by atoms with Crippen molar-refractivity contribution in [3.63, 3.8) is 0 Å². The van der Waals surface area contributed by atoms with E-state index < -0.39 is 17.7 Å². The van der Waals surface area contributed by atoms with E-state index >= 15 is 0 Å². The van der Waals surface area contributed by atoms with Crippen LogP contribution in [0.5, 0.6) is 0 Å². The van der Waals surface area contributed by atoms with Gasteiger partial charge in [0.2, 0.25) is 5.91 Å². The summed E-state index contributed by atoms with van der Waals surface area (Å²) in [6.07, 6.45) is 4.48. The molecule has 7 nitrogen and oxygen atoms in total. The number of rotatable bonds is 2. The molecule has 8 heteroatoms. The lowest BCUT2D eigenvalue weighted by molar-refractivity contribution is -0.185. The van der Waals surface area contributed by atoms with Crippen molar-refractivity contribution in [2.24, 2.45) is 17.3 Å². The summed E-state index contributed by atoms with van der Waals surface area (Å²) < 4.78 is 18.6. The molecular formula is C23H37BN2O5. The molecule has 0 aromatic rings. The number of hydrogen-bond donors (Lipinski definition) is 0.